The van der Waals surface area contributed by atoms with Crippen LogP contribution in [0.15, 0.2) is 28.0 Å². The van der Waals surface area contributed by atoms with Gasteiger partial charge in [-0.1, -0.05) is 21.1 Å². The van der Waals surface area contributed by atoms with E-state index < -0.39 is 11.7 Å². The molecule has 0 spiro atoms. The lowest BCUT2D eigenvalue weighted by Crippen LogP contribution is -2.15. The smallest absolute Gasteiger partial charge is 0.360 e. The molecule has 0 amide bonds. The van der Waals surface area contributed by atoms with Crippen molar-refractivity contribution in [2.24, 2.45) is 5.16 Å². The van der Waals surface area contributed by atoms with Gasteiger partial charge in [-0.15, -0.1) is 0 Å². The summed E-state index contributed by atoms with van der Waals surface area (Å²) in [6.45, 7) is 0. The zero-order valence-electron chi connectivity index (χ0n) is 6.31. The topological polar surface area (TPSA) is 82.8 Å². The number of hydrogen-bond donors (Lipinski definition) is 2. The van der Waals surface area contributed by atoms with Crippen molar-refractivity contribution >= 4 is 27.6 Å². The molecule has 0 atom stereocenters. The van der Waals surface area contributed by atoms with Crippen molar-refractivity contribution in [1.82, 2.24) is 4.98 Å². The van der Waals surface area contributed by atoms with Crippen molar-refractivity contribution in [3.8, 4) is 0 Å². The summed E-state index contributed by atoms with van der Waals surface area (Å²) in [5, 5.41) is 19.6. The Labute approximate surface area is 81.8 Å². The molecule has 0 saturated heterocycles. The molecule has 0 fully saturated rings. The van der Waals surface area contributed by atoms with E-state index >= 15 is 0 Å². The van der Waals surface area contributed by atoms with Gasteiger partial charge in [-0.2, -0.15) is 0 Å². The molecule has 0 aliphatic rings. The number of carboxylic acid groups (broad SMARTS) is 1. The average molecular weight is 245 g/mol. The first-order chi connectivity index (χ1) is 6.15. The summed E-state index contributed by atoms with van der Waals surface area (Å²) in [5.74, 6) is -1.33. The zero-order chi connectivity index (χ0) is 9.84. The van der Waals surface area contributed by atoms with Crippen LogP contribution in [0.1, 0.15) is 5.69 Å². The van der Waals surface area contributed by atoms with Crippen molar-refractivity contribution in [3.05, 3.63) is 28.5 Å². The van der Waals surface area contributed by atoms with Crippen molar-refractivity contribution < 1.29 is 15.1 Å². The molecular formula is C7H5BrN2O3. The number of halogens is 1. The van der Waals surface area contributed by atoms with E-state index in [0.717, 1.165) is 0 Å². The number of hydrogen-bond acceptors (Lipinski definition) is 4. The van der Waals surface area contributed by atoms with Crippen LogP contribution in [0.5, 0.6) is 0 Å². The van der Waals surface area contributed by atoms with Gasteiger partial charge < -0.3 is 10.3 Å². The molecule has 0 aliphatic carbocycles. The largest absolute Gasteiger partial charge is 0.476 e. The van der Waals surface area contributed by atoms with Crippen molar-refractivity contribution in [1.29, 1.82) is 0 Å². The first-order valence-corrected chi connectivity index (χ1v) is 4.01. The Kier molecular flexibility index (Phi) is 2.97. The molecule has 0 unspecified atom stereocenters. The molecule has 68 valence electrons. The Morgan fingerprint density at radius 1 is 1.62 bits per heavy atom. The highest BCUT2D eigenvalue weighted by atomic mass is 79.9. The maximum absolute atomic E-state index is 10.5. The number of oxime groups is 1. The lowest BCUT2D eigenvalue weighted by atomic mass is 10.2. The summed E-state index contributed by atoms with van der Waals surface area (Å²) in [4.78, 5) is 14.2. The molecule has 13 heavy (non-hydrogen) atoms. The third-order valence-electron chi connectivity index (χ3n) is 1.27. The van der Waals surface area contributed by atoms with Gasteiger partial charge in [-0.05, 0) is 12.1 Å². The van der Waals surface area contributed by atoms with E-state index in [1.54, 1.807) is 6.07 Å². The summed E-state index contributed by atoms with van der Waals surface area (Å²) < 4.78 is 0.667. The normalized spacial score (nSPS) is 11.3. The predicted octanol–water partition coefficient (Wildman–Crippen LogP) is 1.11. The Bertz CT molecular complexity index is 365. The van der Waals surface area contributed by atoms with Crippen LogP contribution in [-0.2, 0) is 4.79 Å². The van der Waals surface area contributed by atoms with Crippen LogP contribution < -0.4 is 0 Å². The fourth-order valence-corrected chi connectivity index (χ4v) is 1.07. The highest BCUT2D eigenvalue weighted by molar-refractivity contribution is 9.10. The van der Waals surface area contributed by atoms with E-state index in [9.17, 15) is 4.79 Å². The molecule has 0 bridgehead atoms. The fourth-order valence-electron chi connectivity index (χ4n) is 0.738. The lowest BCUT2D eigenvalue weighted by Gasteiger charge is -1.97. The van der Waals surface area contributed by atoms with Crippen LogP contribution in [0.2, 0.25) is 0 Å². The van der Waals surface area contributed by atoms with Gasteiger partial charge in [0.2, 0.25) is 5.71 Å². The van der Waals surface area contributed by atoms with Crippen molar-refractivity contribution in [2.75, 3.05) is 0 Å². The Hall–Kier alpha value is -1.43. The number of nitrogens with zero attached hydrogens (tertiary/aromatic N) is 2. The monoisotopic (exact) mass is 244 g/mol. The summed E-state index contributed by atoms with van der Waals surface area (Å²) in [6, 6.07) is 3.09. The lowest BCUT2D eigenvalue weighted by molar-refractivity contribution is -0.129. The van der Waals surface area contributed by atoms with Gasteiger partial charge in [-0.3, -0.25) is 4.98 Å². The SMILES string of the molecule is O=C(O)C(=NO)c1cc(Br)ccn1. The molecule has 5 nitrogen and oxygen atoms in total. The van der Waals surface area contributed by atoms with Crippen LogP contribution >= 0.6 is 15.9 Å². The minimum atomic E-state index is -1.33. The predicted molar refractivity (Wildman–Crippen MR) is 47.9 cm³/mol. The second-order valence-electron chi connectivity index (χ2n) is 2.11. The third kappa shape index (κ3) is 2.25. The quantitative estimate of drug-likeness (QED) is 0.464. The fraction of sp³-hybridized carbons (Fsp3) is 0. The third-order valence-corrected chi connectivity index (χ3v) is 1.76. The highest BCUT2D eigenvalue weighted by Crippen LogP contribution is 2.09. The number of carbonyl (C=O) groups is 1. The van der Waals surface area contributed by atoms with Crippen LogP contribution in [0, 0.1) is 0 Å². The van der Waals surface area contributed by atoms with Crippen LogP contribution in [0.25, 0.3) is 0 Å². The van der Waals surface area contributed by atoms with Crippen molar-refractivity contribution in [3.63, 3.8) is 0 Å². The van der Waals surface area contributed by atoms with E-state index in [1.165, 1.54) is 12.3 Å². The molecule has 1 rings (SSSR count). The van der Waals surface area contributed by atoms with Gasteiger partial charge in [-0.25, -0.2) is 4.79 Å². The van der Waals surface area contributed by atoms with Gasteiger partial charge in [0.15, 0.2) is 0 Å². The van der Waals surface area contributed by atoms with Crippen LogP contribution in [0.4, 0.5) is 0 Å². The molecular weight excluding hydrogens is 240 g/mol. The molecule has 2 N–H and O–H groups in total. The standard InChI is InChI=1S/C7H5BrN2O3/c8-4-1-2-9-5(3-4)6(10-13)7(11)12/h1-3,13H,(H,11,12). The van der Waals surface area contributed by atoms with E-state index in [2.05, 4.69) is 26.1 Å². The van der Waals surface area contributed by atoms with E-state index in [-0.39, 0.29) is 5.69 Å². The van der Waals surface area contributed by atoms with Gasteiger partial charge in [0.05, 0.1) is 0 Å². The van der Waals surface area contributed by atoms with Gasteiger partial charge in [0.25, 0.3) is 0 Å². The molecule has 6 heteroatoms. The summed E-state index contributed by atoms with van der Waals surface area (Å²) >= 11 is 3.14. The second-order valence-corrected chi connectivity index (χ2v) is 3.03. The van der Waals surface area contributed by atoms with E-state index in [1.807, 2.05) is 0 Å². The minimum absolute atomic E-state index is 0.101. The second kappa shape index (κ2) is 3.99. The van der Waals surface area contributed by atoms with Gasteiger partial charge in [0, 0.05) is 10.7 Å². The maximum atomic E-state index is 10.5. The molecule has 1 heterocycles. The van der Waals surface area contributed by atoms with Gasteiger partial charge in [0.1, 0.15) is 5.69 Å². The molecule has 1 aromatic rings. The molecule has 0 saturated carbocycles. The molecule has 0 aromatic carbocycles. The van der Waals surface area contributed by atoms with E-state index in [0.29, 0.717) is 4.47 Å². The first-order valence-electron chi connectivity index (χ1n) is 3.22. The van der Waals surface area contributed by atoms with Crippen LogP contribution in [-0.4, -0.2) is 27.0 Å². The summed E-state index contributed by atoms with van der Waals surface area (Å²) in [6.07, 6.45) is 1.41. The Morgan fingerprint density at radius 3 is 2.77 bits per heavy atom. The molecule has 0 radical (unpaired) electrons. The maximum Gasteiger partial charge on any atom is 0.360 e. The number of aromatic nitrogens is 1. The number of carboxylic acids is 1. The van der Waals surface area contributed by atoms with Crippen molar-refractivity contribution in [2.45, 2.75) is 0 Å². The van der Waals surface area contributed by atoms with Gasteiger partial charge >= 0.3 is 5.97 Å². The molecule has 0 aliphatic heterocycles. The Morgan fingerprint density at radius 2 is 2.31 bits per heavy atom. The van der Waals surface area contributed by atoms with E-state index in [4.69, 9.17) is 10.3 Å². The first kappa shape index (κ1) is 9.66. The average Bonchev–Trinajstić information content (AvgIpc) is 2.04. The number of rotatable bonds is 2. The Balaban J connectivity index is 3.14. The zero-order valence-corrected chi connectivity index (χ0v) is 7.89. The van der Waals surface area contributed by atoms with Crippen LogP contribution in [0.3, 0.4) is 0 Å². The summed E-state index contributed by atoms with van der Waals surface area (Å²) in [7, 11) is 0. The summed E-state index contributed by atoms with van der Waals surface area (Å²) in [5.41, 5.74) is -0.384. The molecule has 1 aromatic heterocycles. The highest BCUT2D eigenvalue weighted by Gasteiger charge is 2.14. The number of pyridine rings is 1. The minimum Gasteiger partial charge on any atom is -0.476 e. The number of aliphatic carboxylic acids is 1.